The summed E-state index contributed by atoms with van der Waals surface area (Å²) in [5, 5.41) is 21.4. The molecular weight excluding hydrogens is 442 g/mol. The highest BCUT2D eigenvalue weighted by atomic mass is 15.0. The van der Waals surface area contributed by atoms with E-state index in [1.807, 2.05) is 42.5 Å². The molecule has 0 N–H and O–H groups in total. The number of fused-ring (bicyclic) bond motifs is 3. The summed E-state index contributed by atoms with van der Waals surface area (Å²) in [5.41, 5.74) is 8.55. The van der Waals surface area contributed by atoms with Crippen molar-refractivity contribution in [3.05, 3.63) is 114 Å². The van der Waals surface area contributed by atoms with Gasteiger partial charge in [-0.3, -0.25) is 0 Å². The molecule has 0 unspecified atom stereocenters. The lowest BCUT2D eigenvalue weighted by molar-refractivity contribution is 1.11. The maximum absolute atomic E-state index is 10.1. The summed E-state index contributed by atoms with van der Waals surface area (Å²) in [6.45, 7) is 2.12. The number of hydrogen-bond acceptors (Lipinski definition) is 4. The van der Waals surface area contributed by atoms with Gasteiger partial charge in [0.1, 0.15) is 12.1 Å². The van der Waals surface area contributed by atoms with Gasteiger partial charge in [0.25, 0.3) is 0 Å². The average Bonchev–Trinajstić information content (AvgIpc) is 3.26. The molecule has 0 saturated heterocycles. The molecule has 36 heavy (non-hydrogen) atoms. The highest BCUT2D eigenvalue weighted by Crippen LogP contribution is 2.36. The van der Waals surface area contributed by atoms with Crippen molar-refractivity contribution in [2.24, 2.45) is 0 Å². The fourth-order valence-electron chi connectivity index (χ4n) is 4.83. The van der Waals surface area contributed by atoms with Gasteiger partial charge >= 0.3 is 0 Å². The Labute approximate surface area is 208 Å². The van der Waals surface area contributed by atoms with Crippen molar-refractivity contribution in [1.29, 1.82) is 10.5 Å². The van der Waals surface area contributed by atoms with Crippen LogP contribution in [-0.4, -0.2) is 14.5 Å². The molecule has 2 heterocycles. The minimum absolute atomic E-state index is 0.116. The smallest absolute Gasteiger partial charge is 0.232 e. The van der Waals surface area contributed by atoms with Gasteiger partial charge in [0, 0.05) is 28.7 Å². The molecule has 0 saturated carbocycles. The minimum Gasteiger partial charge on any atom is -0.308 e. The normalized spacial score (nSPS) is 10.9. The van der Waals surface area contributed by atoms with E-state index in [1.54, 1.807) is 12.4 Å². The van der Waals surface area contributed by atoms with Gasteiger partial charge in [-0.05, 0) is 53.4 Å². The van der Waals surface area contributed by atoms with Crippen LogP contribution in [0.1, 0.15) is 17.0 Å². The lowest BCUT2D eigenvalue weighted by atomic mass is 9.99. The molecule has 0 spiro atoms. The van der Waals surface area contributed by atoms with Crippen molar-refractivity contribution in [1.82, 2.24) is 14.5 Å². The topological polar surface area (TPSA) is 78.3 Å². The second-order valence-electron chi connectivity index (χ2n) is 8.65. The molecule has 2 aromatic heterocycles. The molecule has 0 bridgehead atoms. The number of nitriles is 2. The Morgan fingerprint density at radius 2 is 1.39 bits per heavy atom. The molecule has 0 aliphatic carbocycles. The van der Waals surface area contributed by atoms with E-state index in [-0.39, 0.29) is 5.82 Å². The summed E-state index contributed by atoms with van der Waals surface area (Å²) in [4.78, 5) is 8.14. The van der Waals surface area contributed by atoms with Crippen LogP contribution in [0, 0.1) is 29.6 Å². The molecular formula is C31H19N5. The molecule has 0 aliphatic heterocycles. The Bertz CT molecular complexity index is 1860. The van der Waals surface area contributed by atoms with Gasteiger partial charge in [0.05, 0.1) is 22.3 Å². The zero-order chi connectivity index (χ0) is 24.6. The molecule has 0 radical (unpaired) electrons. The molecule has 0 aliphatic rings. The van der Waals surface area contributed by atoms with E-state index in [1.165, 1.54) is 11.1 Å². The van der Waals surface area contributed by atoms with Gasteiger partial charge in [0.15, 0.2) is 0 Å². The molecule has 5 heteroatoms. The zero-order valence-corrected chi connectivity index (χ0v) is 19.5. The van der Waals surface area contributed by atoms with Gasteiger partial charge in [-0.15, -0.1) is 0 Å². The Hall–Kier alpha value is -5.26. The first-order chi connectivity index (χ1) is 17.7. The van der Waals surface area contributed by atoms with E-state index < -0.39 is 0 Å². The number of aryl methyl sites for hydroxylation is 1. The van der Waals surface area contributed by atoms with Crippen LogP contribution in [0.4, 0.5) is 0 Å². The van der Waals surface area contributed by atoms with Crippen LogP contribution in [-0.2, 0) is 0 Å². The highest BCUT2D eigenvalue weighted by Gasteiger charge is 2.16. The van der Waals surface area contributed by atoms with Gasteiger partial charge in [-0.25, -0.2) is 9.97 Å². The number of aromatic nitrogens is 3. The summed E-state index contributed by atoms with van der Waals surface area (Å²) in [7, 11) is 0. The van der Waals surface area contributed by atoms with Gasteiger partial charge in [0.2, 0.25) is 5.82 Å². The SMILES string of the molecule is Cc1ccccc1-c1ccc2c3ccccc3n(-c3ccc(-c4cnc(C#N)nc4)cc3C#N)c2c1. The zero-order valence-electron chi connectivity index (χ0n) is 19.5. The number of benzene rings is 4. The predicted molar refractivity (Wildman–Crippen MR) is 141 cm³/mol. The second kappa shape index (κ2) is 8.51. The first-order valence-corrected chi connectivity index (χ1v) is 11.5. The van der Waals surface area contributed by atoms with E-state index in [9.17, 15) is 5.26 Å². The van der Waals surface area contributed by atoms with E-state index in [0.29, 0.717) is 5.56 Å². The van der Waals surface area contributed by atoms with Crippen LogP contribution < -0.4 is 0 Å². The van der Waals surface area contributed by atoms with Crippen LogP contribution in [0.15, 0.2) is 97.3 Å². The van der Waals surface area contributed by atoms with Gasteiger partial charge in [-0.2, -0.15) is 10.5 Å². The molecule has 6 rings (SSSR count). The van der Waals surface area contributed by atoms with E-state index in [4.69, 9.17) is 5.26 Å². The van der Waals surface area contributed by atoms with Crippen molar-refractivity contribution in [2.45, 2.75) is 6.92 Å². The third-order valence-corrected chi connectivity index (χ3v) is 6.57. The number of hydrogen-bond donors (Lipinski definition) is 0. The van der Waals surface area contributed by atoms with Gasteiger partial charge in [-0.1, -0.05) is 60.7 Å². The largest absolute Gasteiger partial charge is 0.308 e. The number of nitrogens with zero attached hydrogens (tertiary/aromatic N) is 5. The van der Waals surface area contributed by atoms with Crippen molar-refractivity contribution in [2.75, 3.05) is 0 Å². The molecule has 168 valence electrons. The fraction of sp³-hybridized carbons (Fsp3) is 0.0323. The van der Waals surface area contributed by atoms with E-state index in [0.717, 1.165) is 44.2 Å². The van der Waals surface area contributed by atoms with Crippen LogP contribution in [0.25, 0.3) is 49.7 Å². The quantitative estimate of drug-likeness (QED) is 0.285. The Kier molecular flexibility index (Phi) is 5.03. The monoisotopic (exact) mass is 461 g/mol. The third kappa shape index (κ3) is 3.39. The molecule has 6 aromatic rings. The van der Waals surface area contributed by atoms with Crippen molar-refractivity contribution in [3.63, 3.8) is 0 Å². The first kappa shape index (κ1) is 21.3. The summed E-state index contributed by atoms with van der Waals surface area (Å²) >= 11 is 0. The van der Waals surface area contributed by atoms with Crippen LogP contribution >= 0.6 is 0 Å². The lowest BCUT2D eigenvalue weighted by Crippen LogP contribution is -1.98. The fourth-order valence-corrected chi connectivity index (χ4v) is 4.83. The highest BCUT2D eigenvalue weighted by molar-refractivity contribution is 6.10. The Morgan fingerprint density at radius 3 is 2.17 bits per heavy atom. The molecule has 0 fully saturated rings. The second-order valence-corrected chi connectivity index (χ2v) is 8.65. The Balaban J connectivity index is 1.60. The first-order valence-electron chi connectivity index (χ1n) is 11.5. The predicted octanol–water partition coefficient (Wildman–Crippen LogP) is 6.96. The van der Waals surface area contributed by atoms with Crippen molar-refractivity contribution in [3.8, 4) is 40.1 Å². The van der Waals surface area contributed by atoms with E-state index in [2.05, 4.69) is 76.1 Å². The van der Waals surface area contributed by atoms with Crippen molar-refractivity contribution < 1.29 is 0 Å². The number of para-hydroxylation sites is 1. The minimum atomic E-state index is 0.116. The Morgan fingerprint density at radius 1 is 0.667 bits per heavy atom. The van der Waals surface area contributed by atoms with E-state index >= 15 is 0 Å². The summed E-state index contributed by atoms with van der Waals surface area (Å²) in [6.07, 6.45) is 3.22. The molecule has 5 nitrogen and oxygen atoms in total. The van der Waals surface area contributed by atoms with Crippen LogP contribution in [0.3, 0.4) is 0 Å². The maximum Gasteiger partial charge on any atom is 0.232 e. The standard InChI is InChI=1S/C31H19N5/c1-20-6-2-3-7-25(20)22-10-12-27-26-8-4-5-9-29(26)36(30(27)15-22)28-13-11-21(14-23(28)16-32)24-18-34-31(17-33)35-19-24/h2-15,18-19H,1H3. The molecule has 0 amide bonds. The van der Waals surface area contributed by atoms with Crippen LogP contribution in [0.2, 0.25) is 0 Å². The maximum atomic E-state index is 10.1. The van der Waals surface area contributed by atoms with Crippen molar-refractivity contribution >= 4 is 21.8 Å². The lowest BCUT2D eigenvalue weighted by Gasteiger charge is -2.13. The molecule has 0 atom stereocenters. The summed E-state index contributed by atoms with van der Waals surface area (Å²) in [5.74, 6) is 0.116. The van der Waals surface area contributed by atoms with Crippen LogP contribution in [0.5, 0.6) is 0 Å². The molecule has 4 aromatic carbocycles. The third-order valence-electron chi connectivity index (χ3n) is 6.57. The summed E-state index contributed by atoms with van der Waals surface area (Å²) < 4.78 is 2.17. The number of rotatable bonds is 3. The van der Waals surface area contributed by atoms with Gasteiger partial charge < -0.3 is 4.57 Å². The summed E-state index contributed by atoms with van der Waals surface area (Å²) in [6, 6.07) is 33.3. The average molecular weight is 462 g/mol.